The van der Waals surface area contributed by atoms with Crippen LogP contribution in [0.4, 0.5) is 0 Å². The van der Waals surface area contributed by atoms with E-state index in [0.717, 1.165) is 12.8 Å². The van der Waals surface area contributed by atoms with E-state index in [-0.39, 0.29) is 5.97 Å². The molecule has 0 aromatic rings. The Bertz CT molecular complexity index is 187. The first kappa shape index (κ1) is 12.2. The second kappa shape index (κ2) is 5.02. The largest absolute Gasteiger partial charge is 0.454 e. The fourth-order valence-electron chi connectivity index (χ4n) is 1.01. The van der Waals surface area contributed by atoms with Gasteiger partial charge in [0.1, 0.15) is 5.60 Å². The number of rotatable bonds is 5. The molecule has 0 aliphatic carbocycles. The van der Waals surface area contributed by atoms with Gasteiger partial charge in [-0.15, -0.1) is 0 Å². The summed E-state index contributed by atoms with van der Waals surface area (Å²) in [5.41, 5.74) is 5.48. The van der Waals surface area contributed by atoms with Crippen molar-refractivity contribution >= 4 is 5.97 Å². The number of hydrogen-bond acceptors (Lipinski definition) is 3. The highest BCUT2D eigenvalue weighted by atomic mass is 16.6. The topological polar surface area (TPSA) is 52.3 Å². The molecule has 2 N–H and O–H groups in total. The molecule has 3 heteroatoms. The summed E-state index contributed by atoms with van der Waals surface area (Å²) in [4.78, 5) is 11.3. The summed E-state index contributed by atoms with van der Waals surface area (Å²) < 4.78 is 5.28. The lowest BCUT2D eigenvalue weighted by Crippen LogP contribution is -2.41. The van der Waals surface area contributed by atoms with Crippen molar-refractivity contribution in [2.75, 3.05) is 6.54 Å². The van der Waals surface area contributed by atoms with Crippen LogP contribution in [0.15, 0.2) is 12.2 Å². The van der Waals surface area contributed by atoms with Crippen LogP contribution in [-0.4, -0.2) is 18.1 Å². The average molecular weight is 185 g/mol. The molecule has 76 valence electrons. The molecule has 0 radical (unpaired) electrons. The fraction of sp³-hybridized carbons (Fsp3) is 0.700. The SMILES string of the molecule is C=C(C)C(=O)OC(CC)(CC)CN. The highest BCUT2D eigenvalue weighted by molar-refractivity contribution is 5.87. The number of esters is 1. The Balaban J connectivity index is 4.42. The quantitative estimate of drug-likeness (QED) is 0.523. The standard InChI is InChI=1S/C10H19NO2/c1-5-10(6-2,7-11)13-9(12)8(3)4/h3,5-7,11H2,1-2,4H3. The highest BCUT2D eigenvalue weighted by Gasteiger charge is 2.28. The van der Waals surface area contributed by atoms with E-state index in [1.807, 2.05) is 13.8 Å². The minimum absolute atomic E-state index is 0.353. The van der Waals surface area contributed by atoms with Crippen molar-refractivity contribution in [1.29, 1.82) is 0 Å². The van der Waals surface area contributed by atoms with E-state index in [4.69, 9.17) is 10.5 Å². The van der Waals surface area contributed by atoms with Crippen LogP contribution < -0.4 is 5.73 Å². The Morgan fingerprint density at radius 1 is 1.46 bits per heavy atom. The number of hydrogen-bond donors (Lipinski definition) is 1. The van der Waals surface area contributed by atoms with Gasteiger partial charge in [0.05, 0.1) is 0 Å². The van der Waals surface area contributed by atoms with Gasteiger partial charge in [-0.3, -0.25) is 0 Å². The molecule has 13 heavy (non-hydrogen) atoms. The van der Waals surface area contributed by atoms with Gasteiger partial charge in [-0.25, -0.2) is 4.79 Å². The number of carbonyl (C=O) groups excluding carboxylic acids is 1. The van der Waals surface area contributed by atoms with Gasteiger partial charge in [-0.1, -0.05) is 20.4 Å². The molecule has 0 fully saturated rings. The van der Waals surface area contributed by atoms with Crippen molar-refractivity contribution < 1.29 is 9.53 Å². The Labute approximate surface area is 79.9 Å². The summed E-state index contributed by atoms with van der Waals surface area (Å²) in [5.74, 6) is -0.353. The number of carbonyl (C=O) groups is 1. The summed E-state index contributed by atoms with van der Waals surface area (Å²) in [7, 11) is 0. The van der Waals surface area contributed by atoms with E-state index in [0.29, 0.717) is 12.1 Å². The van der Waals surface area contributed by atoms with Crippen molar-refractivity contribution in [2.24, 2.45) is 5.73 Å². The molecule has 0 atom stereocenters. The molecule has 0 aliphatic heterocycles. The second-order valence-corrected chi connectivity index (χ2v) is 3.26. The van der Waals surface area contributed by atoms with Crippen LogP contribution in [0.1, 0.15) is 33.6 Å². The van der Waals surface area contributed by atoms with Crippen molar-refractivity contribution in [2.45, 2.75) is 39.2 Å². The fourth-order valence-corrected chi connectivity index (χ4v) is 1.01. The van der Waals surface area contributed by atoms with Crippen LogP contribution in [0.25, 0.3) is 0 Å². The smallest absolute Gasteiger partial charge is 0.333 e. The molecule has 0 amide bonds. The summed E-state index contributed by atoms with van der Waals surface area (Å²) in [6.45, 7) is 9.44. The first-order chi connectivity index (χ1) is 6.01. The van der Waals surface area contributed by atoms with Gasteiger partial charge in [0.25, 0.3) is 0 Å². The average Bonchev–Trinajstić information content (AvgIpc) is 2.14. The molecule has 0 aromatic carbocycles. The van der Waals surface area contributed by atoms with Gasteiger partial charge in [-0.2, -0.15) is 0 Å². The number of nitrogens with two attached hydrogens (primary N) is 1. The maximum absolute atomic E-state index is 11.3. The molecule has 0 heterocycles. The predicted molar refractivity (Wildman–Crippen MR) is 53.3 cm³/mol. The third-order valence-electron chi connectivity index (χ3n) is 2.32. The first-order valence-electron chi connectivity index (χ1n) is 4.60. The summed E-state index contributed by atoms with van der Waals surface area (Å²) in [5, 5.41) is 0. The second-order valence-electron chi connectivity index (χ2n) is 3.26. The van der Waals surface area contributed by atoms with Gasteiger partial charge in [0, 0.05) is 12.1 Å². The zero-order valence-corrected chi connectivity index (χ0v) is 8.72. The Hall–Kier alpha value is -0.830. The van der Waals surface area contributed by atoms with Crippen LogP contribution in [0, 0.1) is 0 Å². The third kappa shape index (κ3) is 3.19. The van der Waals surface area contributed by atoms with E-state index >= 15 is 0 Å². The maximum atomic E-state index is 11.3. The maximum Gasteiger partial charge on any atom is 0.333 e. The van der Waals surface area contributed by atoms with Crippen molar-refractivity contribution in [3.63, 3.8) is 0 Å². The van der Waals surface area contributed by atoms with E-state index in [1.54, 1.807) is 6.92 Å². The molecular formula is C10H19NO2. The molecular weight excluding hydrogens is 166 g/mol. The molecule has 0 aromatic heterocycles. The highest BCUT2D eigenvalue weighted by Crippen LogP contribution is 2.20. The van der Waals surface area contributed by atoms with E-state index in [1.165, 1.54) is 0 Å². The van der Waals surface area contributed by atoms with Crippen LogP contribution >= 0.6 is 0 Å². The monoisotopic (exact) mass is 185 g/mol. The Kier molecular flexibility index (Phi) is 4.70. The van der Waals surface area contributed by atoms with Crippen molar-refractivity contribution in [1.82, 2.24) is 0 Å². The zero-order chi connectivity index (χ0) is 10.5. The molecule has 0 spiro atoms. The van der Waals surface area contributed by atoms with Crippen molar-refractivity contribution in [3.8, 4) is 0 Å². The Morgan fingerprint density at radius 3 is 2.15 bits per heavy atom. The molecule has 0 saturated heterocycles. The van der Waals surface area contributed by atoms with Gasteiger partial charge >= 0.3 is 5.97 Å². The lowest BCUT2D eigenvalue weighted by molar-refractivity contribution is -0.154. The van der Waals surface area contributed by atoms with Gasteiger partial charge < -0.3 is 10.5 Å². The molecule has 0 unspecified atom stereocenters. The van der Waals surface area contributed by atoms with Crippen LogP contribution in [-0.2, 0) is 9.53 Å². The summed E-state index contributed by atoms with van der Waals surface area (Å²) >= 11 is 0. The van der Waals surface area contributed by atoms with Gasteiger partial charge in [0.15, 0.2) is 0 Å². The molecule has 3 nitrogen and oxygen atoms in total. The lowest BCUT2D eigenvalue weighted by atomic mass is 9.97. The minimum atomic E-state index is -0.504. The molecule has 0 rings (SSSR count). The summed E-state index contributed by atoms with van der Waals surface area (Å²) in [6.07, 6.45) is 1.47. The van der Waals surface area contributed by atoms with Gasteiger partial charge in [-0.05, 0) is 19.8 Å². The predicted octanol–water partition coefficient (Wildman–Crippen LogP) is 1.62. The van der Waals surface area contributed by atoms with E-state index in [9.17, 15) is 4.79 Å². The Morgan fingerprint density at radius 2 is 1.92 bits per heavy atom. The minimum Gasteiger partial charge on any atom is -0.454 e. The number of ether oxygens (including phenoxy) is 1. The molecule has 0 bridgehead atoms. The van der Waals surface area contributed by atoms with Crippen LogP contribution in [0.5, 0.6) is 0 Å². The van der Waals surface area contributed by atoms with Gasteiger partial charge in [0.2, 0.25) is 0 Å². The molecule has 0 saturated carbocycles. The van der Waals surface area contributed by atoms with Crippen molar-refractivity contribution in [3.05, 3.63) is 12.2 Å². The van der Waals surface area contributed by atoms with E-state index < -0.39 is 5.60 Å². The summed E-state index contributed by atoms with van der Waals surface area (Å²) in [6, 6.07) is 0. The normalized spacial score (nSPS) is 11.1. The van der Waals surface area contributed by atoms with Crippen LogP contribution in [0.2, 0.25) is 0 Å². The van der Waals surface area contributed by atoms with E-state index in [2.05, 4.69) is 6.58 Å². The zero-order valence-electron chi connectivity index (χ0n) is 8.72. The third-order valence-corrected chi connectivity index (χ3v) is 2.32. The lowest BCUT2D eigenvalue weighted by Gasteiger charge is -2.29. The molecule has 0 aliphatic rings. The van der Waals surface area contributed by atoms with Crippen LogP contribution in [0.3, 0.4) is 0 Å². The first-order valence-corrected chi connectivity index (χ1v) is 4.60.